The van der Waals surface area contributed by atoms with Crippen LogP contribution in [0.4, 0.5) is 10.5 Å². The maximum atomic E-state index is 12.8. The van der Waals surface area contributed by atoms with Gasteiger partial charge < -0.3 is 25.4 Å². The maximum Gasteiger partial charge on any atom is 0.411 e. The van der Waals surface area contributed by atoms with E-state index in [4.69, 9.17) is 22.1 Å². The molecule has 0 spiro atoms. The van der Waals surface area contributed by atoms with Gasteiger partial charge in [-0.2, -0.15) is 0 Å². The third-order valence-electron chi connectivity index (χ3n) is 5.63. The second kappa shape index (κ2) is 12.5. The summed E-state index contributed by atoms with van der Waals surface area (Å²) >= 11 is 6.18. The van der Waals surface area contributed by atoms with E-state index in [1.807, 2.05) is 60.7 Å². The van der Waals surface area contributed by atoms with Crippen LogP contribution in [0.25, 0.3) is 0 Å². The molecule has 1 aliphatic heterocycles. The Bertz CT molecular complexity index is 1250. The number of hydrogen-bond acceptors (Lipinski definition) is 6. The van der Waals surface area contributed by atoms with Crippen molar-refractivity contribution in [3.05, 3.63) is 101 Å². The van der Waals surface area contributed by atoms with Crippen molar-refractivity contribution in [1.82, 2.24) is 4.90 Å². The molecule has 0 fully saturated rings. The molecule has 0 aromatic heterocycles. The molecule has 9 heteroatoms. The monoisotopic (exact) mass is 522 g/mol. The number of benzene rings is 3. The van der Waals surface area contributed by atoms with E-state index in [1.54, 1.807) is 46.3 Å². The topological polar surface area (TPSA) is 108 Å². The molecule has 0 aliphatic carbocycles. The number of likely N-dealkylation sites (N-methyl/N-ethyl adjacent to an activating group) is 1. The highest BCUT2D eigenvalue weighted by Crippen LogP contribution is 2.30. The van der Waals surface area contributed by atoms with Gasteiger partial charge in [0.25, 0.3) is 12.1 Å². The van der Waals surface area contributed by atoms with Gasteiger partial charge in [-0.05, 0) is 30.7 Å². The Hall–Kier alpha value is -3.72. The molecule has 0 unspecified atom stereocenters. The number of halogens is 1. The number of amides is 2. The van der Waals surface area contributed by atoms with Gasteiger partial charge in [0, 0.05) is 43.3 Å². The molecule has 3 aromatic rings. The Morgan fingerprint density at radius 1 is 1.08 bits per heavy atom. The predicted molar refractivity (Wildman–Crippen MR) is 146 cm³/mol. The number of fused-ring (bicyclic) bond motifs is 1. The number of benzodiazepines with no additional fused rings is 1. The largest absolute Gasteiger partial charge is 0.414 e. The smallest absolute Gasteiger partial charge is 0.411 e. The van der Waals surface area contributed by atoms with Crippen molar-refractivity contribution in [3.63, 3.8) is 0 Å². The zero-order chi connectivity index (χ0) is 27.1. The van der Waals surface area contributed by atoms with Crippen LogP contribution in [0.3, 0.4) is 0 Å². The average molecular weight is 523 g/mol. The minimum absolute atomic E-state index is 0.211. The van der Waals surface area contributed by atoms with Crippen molar-refractivity contribution in [2.75, 3.05) is 26.0 Å². The van der Waals surface area contributed by atoms with Crippen LogP contribution in [-0.4, -0.2) is 61.1 Å². The first-order valence-corrected chi connectivity index (χ1v) is 12.0. The molecule has 1 heterocycles. The van der Waals surface area contributed by atoms with Crippen molar-refractivity contribution >= 4 is 35.0 Å². The summed E-state index contributed by atoms with van der Waals surface area (Å²) in [4.78, 5) is 32.0. The first-order valence-electron chi connectivity index (χ1n) is 11.7. The van der Waals surface area contributed by atoms with Gasteiger partial charge in [0.05, 0.1) is 17.5 Å². The zero-order valence-electron chi connectivity index (χ0n) is 21.2. The fraction of sp³-hybridized carbons (Fsp3) is 0.250. The third-order valence-corrected chi connectivity index (χ3v) is 5.86. The summed E-state index contributed by atoms with van der Waals surface area (Å²) in [7, 11) is 4.71. The number of ether oxygens (including phenoxy) is 1. The molecule has 8 nitrogen and oxygen atoms in total. The second-order valence-electron chi connectivity index (χ2n) is 8.75. The van der Waals surface area contributed by atoms with E-state index in [0.29, 0.717) is 22.0 Å². The Labute approximate surface area is 221 Å². The molecule has 0 saturated heterocycles. The van der Waals surface area contributed by atoms with E-state index in [1.165, 1.54) is 9.80 Å². The van der Waals surface area contributed by atoms with Gasteiger partial charge in [0.2, 0.25) is 0 Å². The van der Waals surface area contributed by atoms with E-state index in [9.17, 15) is 14.7 Å². The molecule has 37 heavy (non-hydrogen) atoms. The second-order valence-corrected chi connectivity index (χ2v) is 9.18. The van der Waals surface area contributed by atoms with Gasteiger partial charge >= 0.3 is 6.09 Å². The van der Waals surface area contributed by atoms with E-state index in [0.717, 1.165) is 11.1 Å². The first kappa shape index (κ1) is 27.9. The molecule has 194 valence electrons. The third kappa shape index (κ3) is 6.95. The van der Waals surface area contributed by atoms with Crippen LogP contribution >= 0.6 is 11.6 Å². The molecule has 3 atom stereocenters. The molecule has 0 bridgehead atoms. The number of hydrogen-bond donors (Lipinski definition) is 2. The lowest BCUT2D eigenvalue weighted by Crippen LogP contribution is -2.39. The maximum absolute atomic E-state index is 12.8. The summed E-state index contributed by atoms with van der Waals surface area (Å²) in [5.74, 6) is -0.435. The highest BCUT2D eigenvalue weighted by atomic mass is 35.5. The van der Waals surface area contributed by atoms with E-state index in [2.05, 4.69) is 4.99 Å². The molecule has 1 aliphatic rings. The predicted octanol–water partition coefficient (Wildman–Crippen LogP) is 4.25. The lowest BCUT2D eigenvalue weighted by molar-refractivity contribution is -0.126. The molecule has 3 aromatic carbocycles. The molecular weight excluding hydrogens is 492 g/mol. The van der Waals surface area contributed by atoms with Crippen molar-refractivity contribution < 1.29 is 19.4 Å². The van der Waals surface area contributed by atoms with Crippen LogP contribution in [0.2, 0.25) is 5.02 Å². The minimum Gasteiger partial charge on any atom is -0.414 e. The SMILES string of the molecule is CN(C)C(=O)O[C@@H]1N=C(c2ccccc2)c2cc(Cl)ccc2N(C)C1=O.C[C@H](N)[C@@H](O)c1ccccc1. The Balaban J connectivity index is 0.000000289. The number of aliphatic imine (C=N–C) groups is 1. The first-order chi connectivity index (χ1) is 17.6. The zero-order valence-corrected chi connectivity index (χ0v) is 22.0. The van der Waals surface area contributed by atoms with Crippen molar-refractivity contribution in [2.24, 2.45) is 10.7 Å². The normalized spacial score (nSPS) is 16.3. The van der Waals surface area contributed by atoms with Gasteiger partial charge in [-0.25, -0.2) is 9.79 Å². The number of nitrogens with zero attached hydrogens (tertiary/aromatic N) is 3. The molecule has 0 radical (unpaired) electrons. The lowest BCUT2D eigenvalue weighted by Gasteiger charge is -2.21. The van der Waals surface area contributed by atoms with Gasteiger partial charge in [-0.3, -0.25) is 4.79 Å². The molecule has 3 N–H and O–H groups in total. The van der Waals surface area contributed by atoms with Crippen LogP contribution in [-0.2, 0) is 9.53 Å². The van der Waals surface area contributed by atoms with E-state index >= 15 is 0 Å². The van der Waals surface area contributed by atoms with Crippen LogP contribution < -0.4 is 10.6 Å². The summed E-state index contributed by atoms with van der Waals surface area (Å²) in [6.07, 6.45) is -2.47. The highest BCUT2D eigenvalue weighted by Gasteiger charge is 2.33. The van der Waals surface area contributed by atoms with Crippen LogP contribution in [0, 0.1) is 0 Å². The van der Waals surface area contributed by atoms with Gasteiger partial charge in [0.15, 0.2) is 0 Å². The molecule has 0 saturated carbocycles. The number of aliphatic hydroxyl groups is 1. The number of anilines is 1. The summed E-state index contributed by atoms with van der Waals surface area (Å²) < 4.78 is 5.30. The summed E-state index contributed by atoms with van der Waals surface area (Å²) in [6.45, 7) is 1.79. The van der Waals surface area contributed by atoms with Crippen molar-refractivity contribution in [3.8, 4) is 0 Å². The minimum atomic E-state index is -1.28. The summed E-state index contributed by atoms with van der Waals surface area (Å²) in [5, 5.41) is 10.00. The Morgan fingerprint density at radius 2 is 1.68 bits per heavy atom. The van der Waals surface area contributed by atoms with Gasteiger partial charge in [-0.1, -0.05) is 72.3 Å². The Morgan fingerprint density at radius 3 is 2.24 bits per heavy atom. The van der Waals surface area contributed by atoms with Gasteiger partial charge in [0.1, 0.15) is 0 Å². The lowest BCUT2D eigenvalue weighted by atomic mass is 10.0. The number of nitrogens with two attached hydrogens (primary N) is 1. The van der Waals surface area contributed by atoms with E-state index in [-0.39, 0.29) is 6.04 Å². The molecular formula is C28H31ClN4O4. The standard InChI is InChI=1S/C19H18ClN3O3.C9H13NO/c1-22(2)19(25)26-17-18(24)23(3)15-10-9-13(20)11-14(15)16(21-17)12-7-5-4-6-8-12;1-7(10)9(11)8-5-3-2-4-6-8/h4-11,17H,1-3H3;2-7,9,11H,10H2,1H3/t17-;7-,9+/m00/s1. The number of carbonyl (C=O) groups is 2. The van der Waals surface area contributed by atoms with E-state index < -0.39 is 24.3 Å². The number of rotatable bonds is 4. The van der Waals surface area contributed by atoms with Crippen molar-refractivity contribution in [1.29, 1.82) is 0 Å². The molecule has 2 amide bonds. The fourth-order valence-corrected chi connectivity index (χ4v) is 3.75. The number of aliphatic hydroxyl groups excluding tert-OH is 1. The fourth-order valence-electron chi connectivity index (χ4n) is 3.57. The highest BCUT2D eigenvalue weighted by molar-refractivity contribution is 6.32. The Kier molecular flexibility index (Phi) is 9.41. The van der Waals surface area contributed by atoms with Gasteiger partial charge in [-0.15, -0.1) is 0 Å². The summed E-state index contributed by atoms with van der Waals surface area (Å²) in [6, 6.07) is 23.8. The van der Waals surface area contributed by atoms with Crippen molar-refractivity contribution in [2.45, 2.75) is 25.3 Å². The van der Waals surface area contributed by atoms with Crippen LogP contribution in [0.15, 0.2) is 83.9 Å². The quantitative estimate of drug-likeness (QED) is 0.532. The summed E-state index contributed by atoms with van der Waals surface area (Å²) in [5.41, 5.74) is 9.07. The van der Waals surface area contributed by atoms with Crippen LogP contribution in [0.5, 0.6) is 0 Å². The molecule has 4 rings (SSSR count). The van der Waals surface area contributed by atoms with Crippen LogP contribution in [0.1, 0.15) is 29.7 Å². The number of carbonyl (C=O) groups excluding carboxylic acids is 2. The average Bonchev–Trinajstić information content (AvgIpc) is 2.99.